The van der Waals surface area contributed by atoms with Gasteiger partial charge in [0.15, 0.2) is 0 Å². The maximum Gasteiger partial charge on any atom is 0.0731 e. The monoisotopic (exact) mass is 393 g/mol. The molecule has 0 aromatic rings. The van der Waals surface area contributed by atoms with Crippen molar-refractivity contribution in [2.75, 3.05) is 27.3 Å². The van der Waals surface area contributed by atoms with Crippen LogP contribution < -0.4 is 0 Å². The SMILES string of the molecule is COC1(C(C)(C)CC2CC2C(C)(C)CC2CN(C)C(C(C)(C)C)CCO2)CC1. The first kappa shape index (κ1) is 22.6. The van der Waals surface area contributed by atoms with Gasteiger partial charge in [-0.05, 0) is 73.7 Å². The third-order valence-corrected chi connectivity index (χ3v) is 8.55. The van der Waals surface area contributed by atoms with Crippen LogP contribution >= 0.6 is 0 Å². The van der Waals surface area contributed by atoms with Crippen LogP contribution in [0.2, 0.25) is 0 Å². The number of hydrogen-bond acceptors (Lipinski definition) is 3. The highest BCUT2D eigenvalue weighted by Crippen LogP contribution is 2.62. The van der Waals surface area contributed by atoms with E-state index in [2.05, 4.69) is 60.4 Å². The zero-order chi connectivity index (χ0) is 21.0. The third kappa shape index (κ3) is 4.62. The molecule has 4 atom stereocenters. The molecule has 3 heteroatoms. The van der Waals surface area contributed by atoms with E-state index in [0.717, 1.165) is 31.4 Å². The molecule has 2 saturated carbocycles. The molecule has 3 nitrogen and oxygen atoms in total. The average Bonchev–Trinajstić information content (AvgIpc) is 3.41. The van der Waals surface area contributed by atoms with Crippen molar-refractivity contribution < 1.29 is 9.47 Å². The average molecular weight is 394 g/mol. The minimum atomic E-state index is 0.166. The topological polar surface area (TPSA) is 21.7 Å². The molecular formula is C25H47NO2. The van der Waals surface area contributed by atoms with E-state index in [9.17, 15) is 0 Å². The van der Waals surface area contributed by atoms with Crippen molar-refractivity contribution in [1.82, 2.24) is 4.90 Å². The molecule has 28 heavy (non-hydrogen) atoms. The predicted molar refractivity (Wildman–Crippen MR) is 118 cm³/mol. The van der Waals surface area contributed by atoms with Gasteiger partial charge in [-0.25, -0.2) is 0 Å². The molecule has 2 aliphatic carbocycles. The molecule has 3 rings (SSSR count). The maximum absolute atomic E-state index is 6.37. The van der Waals surface area contributed by atoms with Crippen LogP contribution in [0, 0.1) is 28.1 Å². The quantitative estimate of drug-likeness (QED) is 0.548. The highest BCUT2D eigenvalue weighted by atomic mass is 16.5. The smallest absolute Gasteiger partial charge is 0.0731 e. The standard InChI is InChI=1S/C25H47NO2/c1-22(2,3)21-10-13-28-19(17-26(21)8)16-23(4,5)20-14-18(20)15-24(6,7)25(27-9)11-12-25/h18-21H,10-17H2,1-9H3. The summed E-state index contributed by atoms with van der Waals surface area (Å²) in [6, 6.07) is 0.610. The summed E-state index contributed by atoms with van der Waals surface area (Å²) < 4.78 is 12.3. The molecule has 4 unspecified atom stereocenters. The summed E-state index contributed by atoms with van der Waals surface area (Å²) in [6.07, 6.45) is 7.90. The third-order valence-electron chi connectivity index (χ3n) is 8.55. The van der Waals surface area contributed by atoms with Crippen LogP contribution in [-0.4, -0.2) is 50.0 Å². The van der Waals surface area contributed by atoms with E-state index in [1.165, 1.54) is 32.1 Å². The zero-order valence-electron chi connectivity index (χ0n) is 20.2. The Labute approximate surface area is 174 Å². The fraction of sp³-hybridized carbons (Fsp3) is 1.00. The molecule has 0 radical (unpaired) electrons. The van der Waals surface area contributed by atoms with Crippen molar-refractivity contribution in [3.05, 3.63) is 0 Å². The first-order chi connectivity index (χ1) is 12.8. The molecule has 1 saturated heterocycles. The molecule has 3 aliphatic rings. The number of ether oxygens (including phenoxy) is 2. The molecular weight excluding hydrogens is 346 g/mol. The highest BCUT2D eigenvalue weighted by molar-refractivity contribution is 5.09. The van der Waals surface area contributed by atoms with Gasteiger partial charge in [-0.3, -0.25) is 0 Å². The van der Waals surface area contributed by atoms with Gasteiger partial charge in [-0.1, -0.05) is 48.5 Å². The summed E-state index contributed by atoms with van der Waals surface area (Å²) in [4.78, 5) is 2.57. The van der Waals surface area contributed by atoms with E-state index in [0.29, 0.717) is 28.4 Å². The Kier molecular flexibility index (Phi) is 6.07. The molecule has 1 heterocycles. The summed E-state index contributed by atoms with van der Waals surface area (Å²) in [5.74, 6) is 1.71. The minimum absolute atomic E-state index is 0.166. The van der Waals surface area contributed by atoms with E-state index in [4.69, 9.17) is 9.47 Å². The summed E-state index contributed by atoms with van der Waals surface area (Å²) in [7, 11) is 4.21. The van der Waals surface area contributed by atoms with Crippen LogP contribution in [0.1, 0.15) is 87.0 Å². The molecule has 0 aromatic heterocycles. The van der Waals surface area contributed by atoms with Gasteiger partial charge >= 0.3 is 0 Å². The van der Waals surface area contributed by atoms with Crippen molar-refractivity contribution in [2.45, 2.75) is 105 Å². The van der Waals surface area contributed by atoms with Crippen LogP contribution in [0.25, 0.3) is 0 Å². The van der Waals surface area contributed by atoms with E-state index in [1.54, 1.807) is 0 Å². The molecule has 164 valence electrons. The number of rotatable bonds is 7. The van der Waals surface area contributed by atoms with E-state index >= 15 is 0 Å². The summed E-state index contributed by atoms with van der Waals surface area (Å²) >= 11 is 0. The van der Waals surface area contributed by atoms with Crippen molar-refractivity contribution >= 4 is 0 Å². The molecule has 0 amide bonds. The number of methoxy groups -OCH3 is 1. The Bertz CT molecular complexity index is 543. The fourth-order valence-electron chi connectivity index (χ4n) is 6.57. The lowest BCUT2D eigenvalue weighted by Crippen LogP contribution is -2.43. The van der Waals surface area contributed by atoms with Crippen LogP contribution in [0.3, 0.4) is 0 Å². The van der Waals surface area contributed by atoms with Gasteiger partial charge in [0.1, 0.15) is 0 Å². The van der Waals surface area contributed by atoms with Gasteiger partial charge in [0, 0.05) is 26.3 Å². The van der Waals surface area contributed by atoms with Gasteiger partial charge < -0.3 is 14.4 Å². The van der Waals surface area contributed by atoms with Crippen LogP contribution in [0.4, 0.5) is 0 Å². The lowest BCUT2D eigenvalue weighted by molar-refractivity contribution is -0.0270. The fourth-order valence-corrected chi connectivity index (χ4v) is 6.57. The number of likely N-dealkylation sites (N-methyl/N-ethyl adjacent to an activating group) is 1. The highest BCUT2D eigenvalue weighted by Gasteiger charge is 2.58. The van der Waals surface area contributed by atoms with Crippen LogP contribution in [-0.2, 0) is 9.47 Å². The Balaban J connectivity index is 1.55. The summed E-state index contributed by atoms with van der Waals surface area (Å²) in [5.41, 5.74) is 1.14. The second kappa shape index (κ2) is 7.54. The normalized spacial score (nSPS) is 34.2. The van der Waals surface area contributed by atoms with Crippen molar-refractivity contribution in [2.24, 2.45) is 28.1 Å². The molecule has 1 aliphatic heterocycles. The summed E-state index contributed by atoms with van der Waals surface area (Å²) in [5, 5.41) is 0. The Hall–Kier alpha value is -0.120. The van der Waals surface area contributed by atoms with Gasteiger partial charge in [-0.15, -0.1) is 0 Å². The lowest BCUT2D eigenvalue weighted by Gasteiger charge is -2.38. The van der Waals surface area contributed by atoms with Gasteiger partial charge in [0.25, 0.3) is 0 Å². The molecule has 0 bridgehead atoms. The number of nitrogens with zero attached hydrogens (tertiary/aromatic N) is 1. The first-order valence-corrected chi connectivity index (χ1v) is 11.7. The summed E-state index contributed by atoms with van der Waals surface area (Å²) in [6.45, 7) is 18.9. The van der Waals surface area contributed by atoms with E-state index < -0.39 is 0 Å². The molecule has 3 fully saturated rings. The molecule has 0 aromatic carbocycles. The minimum Gasteiger partial charge on any atom is -0.378 e. The second-order valence-corrected chi connectivity index (χ2v) is 12.7. The zero-order valence-corrected chi connectivity index (χ0v) is 20.2. The van der Waals surface area contributed by atoms with Crippen LogP contribution in [0.5, 0.6) is 0 Å². The molecule has 0 spiro atoms. The van der Waals surface area contributed by atoms with Crippen molar-refractivity contribution in [3.63, 3.8) is 0 Å². The van der Waals surface area contributed by atoms with E-state index in [1.807, 2.05) is 7.11 Å². The predicted octanol–water partition coefficient (Wildman–Crippen LogP) is 5.77. The van der Waals surface area contributed by atoms with E-state index in [-0.39, 0.29) is 5.60 Å². The van der Waals surface area contributed by atoms with Crippen molar-refractivity contribution in [3.8, 4) is 0 Å². The first-order valence-electron chi connectivity index (χ1n) is 11.7. The largest absolute Gasteiger partial charge is 0.378 e. The van der Waals surface area contributed by atoms with Gasteiger partial charge in [0.05, 0.1) is 11.7 Å². The maximum atomic E-state index is 6.37. The lowest BCUT2D eigenvalue weighted by atomic mass is 9.75. The van der Waals surface area contributed by atoms with Gasteiger partial charge in [-0.2, -0.15) is 0 Å². The van der Waals surface area contributed by atoms with Crippen LogP contribution in [0.15, 0.2) is 0 Å². The second-order valence-electron chi connectivity index (χ2n) is 12.7. The van der Waals surface area contributed by atoms with Gasteiger partial charge in [0.2, 0.25) is 0 Å². The Morgan fingerprint density at radius 1 is 1.04 bits per heavy atom. The Morgan fingerprint density at radius 2 is 1.68 bits per heavy atom. The number of hydrogen-bond donors (Lipinski definition) is 0. The Morgan fingerprint density at radius 3 is 2.21 bits per heavy atom. The molecule has 0 N–H and O–H groups in total. The van der Waals surface area contributed by atoms with Crippen molar-refractivity contribution in [1.29, 1.82) is 0 Å².